The Morgan fingerprint density at radius 1 is 1.25 bits per heavy atom. The highest BCUT2D eigenvalue weighted by molar-refractivity contribution is 9.10. The number of halogens is 1. The summed E-state index contributed by atoms with van der Waals surface area (Å²) in [6.45, 7) is 1.97. The molecule has 3 N–H and O–H groups in total. The maximum Gasteiger partial charge on any atom is 0.224 e. The van der Waals surface area contributed by atoms with Crippen LogP contribution < -0.4 is 11.1 Å². The van der Waals surface area contributed by atoms with Crippen molar-refractivity contribution < 1.29 is 4.79 Å². The molecule has 4 heteroatoms. The van der Waals surface area contributed by atoms with E-state index in [-0.39, 0.29) is 11.9 Å². The van der Waals surface area contributed by atoms with Crippen LogP contribution in [0, 0.1) is 0 Å². The summed E-state index contributed by atoms with van der Waals surface area (Å²) in [6, 6.07) is 15.3. The fraction of sp³-hybridized carbons (Fsp3) is 0.188. The number of amides is 1. The molecule has 0 saturated heterocycles. The van der Waals surface area contributed by atoms with E-state index in [9.17, 15) is 4.79 Å². The van der Waals surface area contributed by atoms with Crippen molar-refractivity contribution in [3.8, 4) is 0 Å². The second-order valence-electron chi connectivity index (χ2n) is 4.76. The zero-order valence-electron chi connectivity index (χ0n) is 11.3. The monoisotopic (exact) mass is 332 g/mol. The number of nitrogen functional groups attached to an aromatic ring is 1. The van der Waals surface area contributed by atoms with E-state index in [4.69, 9.17) is 5.73 Å². The summed E-state index contributed by atoms with van der Waals surface area (Å²) >= 11 is 3.43. The molecule has 0 heterocycles. The third-order valence-corrected chi connectivity index (χ3v) is 3.56. The minimum absolute atomic E-state index is 0.00208. The Hall–Kier alpha value is -1.81. The van der Waals surface area contributed by atoms with Gasteiger partial charge in [-0.15, -0.1) is 0 Å². The van der Waals surface area contributed by atoms with Crippen molar-refractivity contribution in [3.63, 3.8) is 0 Å². The van der Waals surface area contributed by atoms with Gasteiger partial charge in [0.05, 0.1) is 12.5 Å². The van der Waals surface area contributed by atoms with Gasteiger partial charge in [-0.2, -0.15) is 0 Å². The summed E-state index contributed by atoms with van der Waals surface area (Å²) < 4.78 is 1.01. The van der Waals surface area contributed by atoms with Crippen LogP contribution in [0.1, 0.15) is 24.1 Å². The lowest BCUT2D eigenvalue weighted by Crippen LogP contribution is -2.28. The highest BCUT2D eigenvalue weighted by atomic mass is 79.9. The summed E-state index contributed by atoms with van der Waals surface area (Å²) in [7, 11) is 0. The number of nitrogens with one attached hydrogen (secondary N) is 1. The average molecular weight is 333 g/mol. The van der Waals surface area contributed by atoms with Gasteiger partial charge in [-0.1, -0.05) is 40.2 Å². The molecular weight excluding hydrogens is 316 g/mol. The Kier molecular flexibility index (Phi) is 4.79. The lowest BCUT2D eigenvalue weighted by molar-refractivity contribution is -0.121. The largest absolute Gasteiger partial charge is 0.399 e. The van der Waals surface area contributed by atoms with E-state index in [1.807, 2.05) is 43.3 Å². The number of hydrogen-bond acceptors (Lipinski definition) is 2. The molecule has 2 aromatic carbocycles. The van der Waals surface area contributed by atoms with Crippen LogP contribution in [-0.2, 0) is 11.2 Å². The lowest BCUT2D eigenvalue weighted by Gasteiger charge is -2.14. The molecule has 2 rings (SSSR count). The average Bonchev–Trinajstić information content (AvgIpc) is 2.41. The van der Waals surface area contributed by atoms with Gasteiger partial charge in [0.25, 0.3) is 0 Å². The van der Waals surface area contributed by atoms with Gasteiger partial charge < -0.3 is 11.1 Å². The van der Waals surface area contributed by atoms with Crippen molar-refractivity contribution in [2.24, 2.45) is 0 Å². The van der Waals surface area contributed by atoms with Gasteiger partial charge in [0, 0.05) is 10.2 Å². The van der Waals surface area contributed by atoms with Crippen LogP contribution >= 0.6 is 15.9 Å². The number of anilines is 1. The topological polar surface area (TPSA) is 55.1 Å². The number of carbonyl (C=O) groups is 1. The van der Waals surface area contributed by atoms with Crippen LogP contribution in [0.5, 0.6) is 0 Å². The first-order chi connectivity index (χ1) is 9.54. The molecule has 0 aliphatic rings. The number of carbonyl (C=O) groups excluding carboxylic acids is 1. The second-order valence-corrected chi connectivity index (χ2v) is 5.68. The van der Waals surface area contributed by atoms with Crippen LogP contribution in [0.15, 0.2) is 53.0 Å². The first kappa shape index (κ1) is 14.6. The fourth-order valence-corrected chi connectivity index (χ4v) is 2.39. The Bertz CT molecular complexity index is 596. The number of nitrogens with two attached hydrogens (primary N) is 1. The standard InChI is InChI=1S/C16H17BrN2O/c1-11(13-3-2-4-14(17)10-13)19-16(20)9-12-5-7-15(18)8-6-12/h2-8,10-11H,9,18H2,1H3,(H,19,20)/t11-/m1/s1. The van der Waals surface area contributed by atoms with E-state index in [2.05, 4.69) is 21.2 Å². The fourth-order valence-electron chi connectivity index (χ4n) is 1.97. The first-order valence-electron chi connectivity index (χ1n) is 6.44. The van der Waals surface area contributed by atoms with Crippen molar-refractivity contribution in [1.29, 1.82) is 0 Å². The quantitative estimate of drug-likeness (QED) is 0.842. The van der Waals surface area contributed by atoms with Crippen LogP contribution in [0.25, 0.3) is 0 Å². The molecule has 1 atom stereocenters. The Morgan fingerprint density at radius 3 is 2.60 bits per heavy atom. The van der Waals surface area contributed by atoms with E-state index in [1.165, 1.54) is 0 Å². The Labute approximate surface area is 127 Å². The van der Waals surface area contributed by atoms with Gasteiger partial charge in [-0.25, -0.2) is 0 Å². The molecule has 0 bridgehead atoms. The van der Waals surface area contributed by atoms with Gasteiger partial charge in [-0.3, -0.25) is 4.79 Å². The molecule has 20 heavy (non-hydrogen) atoms. The van der Waals surface area contributed by atoms with E-state index in [1.54, 1.807) is 12.1 Å². The molecule has 0 fully saturated rings. The maximum atomic E-state index is 12.0. The van der Waals surface area contributed by atoms with Crippen molar-refractivity contribution in [2.75, 3.05) is 5.73 Å². The van der Waals surface area contributed by atoms with Gasteiger partial charge in [0.1, 0.15) is 0 Å². The normalized spacial score (nSPS) is 11.9. The lowest BCUT2D eigenvalue weighted by atomic mass is 10.1. The van der Waals surface area contributed by atoms with E-state index < -0.39 is 0 Å². The summed E-state index contributed by atoms with van der Waals surface area (Å²) in [4.78, 5) is 12.0. The summed E-state index contributed by atoms with van der Waals surface area (Å²) in [5, 5.41) is 3.00. The van der Waals surface area contributed by atoms with Gasteiger partial charge in [0.15, 0.2) is 0 Å². The highest BCUT2D eigenvalue weighted by Gasteiger charge is 2.10. The van der Waals surface area contributed by atoms with E-state index in [0.717, 1.165) is 15.6 Å². The Morgan fingerprint density at radius 2 is 1.95 bits per heavy atom. The Balaban J connectivity index is 1.95. The molecule has 2 aromatic rings. The third-order valence-electron chi connectivity index (χ3n) is 3.07. The molecule has 0 aliphatic carbocycles. The highest BCUT2D eigenvalue weighted by Crippen LogP contribution is 2.18. The first-order valence-corrected chi connectivity index (χ1v) is 7.23. The molecule has 0 aliphatic heterocycles. The van der Waals surface area contributed by atoms with Crippen LogP contribution in [-0.4, -0.2) is 5.91 Å². The predicted octanol–water partition coefficient (Wildman–Crippen LogP) is 3.45. The zero-order valence-corrected chi connectivity index (χ0v) is 12.9. The maximum absolute atomic E-state index is 12.0. The number of benzene rings is 2. The van der Waals surface area contributed by atoms with Crippen LogP contribution in [0.2, 0.25) is 0 Å². The molecule has 0 aromatic heterocycles. The van der Waals surface area contributed by atoms with Crippen molar-refractivity contribution in [1.82, 2.24) is 5.32 Å². The summed E-state index contributed by atoms with van der Waals surface area (Å²) in [5.41, 5.74) is 8.36. The number of hydrogen-bond donors (Lipinski definition) is 2. The minimum atomic E-state index is -0.0196. The molecule has 104 valence electrons. The van der Waals surface area contributed by atoms with Crippen molar-refractivity contribution in [3.05, 3.63) is 64.1 Å². The minimum Gasteiger partial charge on any atom is -0.399 e. The molecule has 1 amide bonds. The molecule has 0 spiro atoms. The molecular formula is C16H17BrN2O. The molecule has 0 radical (unpaired) electrons. The predicted molar refractivity (Wildman–Crippen MR) is 85.3 cm³/mol. The SMILES string of the molecule is C[C@@H](NC(=O)Cc1ccc(N)cc1)c1cccc(Br)c1. The van der Waals surface area contributed by atoms with Gasteiger partial charge in [0.2, 0.25) is 5.91 Å². The second kappa shape index (κ2) is 6.57. The smallest absolute Gasteiger partial charge is 0.224 e. The van der Waals surface area contributed by atoms with E-state index in [0.29, 0.717) is 12.1 Å². The van der Waals surface area contributed by atoms with Crippen molar-refractivity contribution in [2.45, 2.75) is 19.4 Å². The summed E-state index contributed by atoms with van der Waals surface area (Å²) in [6.07, 6.45) is 0.360. The number of rotatable bonds is 4. The van der Waals surface area contributed by atoms with E-state index >= 15 is 0 Å². The van der Waals surface area contributed by atoms with Crippen LogP contribution in [0.3, 0.4) is 0 Å². The third kappa shape index (κ3) is 4.10. The molecule has 3 nitrogen and oxygen atoms in total. The summed E-state index contributed by atoms with van der Waals surface area (Å²) in [5.74, 6) is 0.00208. The molecule has 0 unspecified atom stereocenters. The zero-order chi connectivity index (χ0) is 14.5. The van der Waals surface area contributed by atoms with Crippen LogP contribution in [0.4, 0.5) is 5.69 Å². The molecule has 0 saturated carbocycles. The van der Waals surface area contributed by atoms with Gasteiger partial charge >= 0.3 is 0 Å². The van der Waals surface area contributed by atoms with Gasteiger partial charge in [-0.05, 0) is 42.3 Å². The van der Waals surface area contributed by atoms with Crippen molar-refractivity contribution >= 4 is 27.5 Å².